The van der Waals surface area contributed by atoms with Crippen LogP contribution in [-0.4, -0.2) is 62.2 Å². The molecule has 1 saturated heterocycles. The van der Waals surface area contributed by atoms with E-state index in [0.29, 0.717) is 18.3 Å². The number of nitrogens with zero attached hydrogens (tertiary/aromatic N) is 3. The number of ether oxygens (including phenoxy) is 2. The number of anilines is 1. The molecule has 25 heavy (non-hydrogen) atoms. The van der Waals surface area contributed by atoms with Gasteiger partial charge in [-0.15, -0.1) is 10.2 Å². The molecular formula is C14H16N4O5S2. The fourth-order valence-corrected chi connectivity index (χ4v) is 4.37. The molecule has 1 aliphatic heterocycles. The van der Waals surface area contributed by atoms with Crippen molar-refractivity contribution >= 4 is 32.4 Å². The van der Waals surface area contributed by atoms with Crippen molar-refractivity contribution < 1.29 is 22.7 Å². The number of hydrogen-bond donors (Lipinski definition) is 1. The lowest BCUT2D eigenvalue weighted by Gasteiger charge is -2.26. The second-order valence-electron chi connectivity index (χ2n) is 5.08. The molecule has 1 fully saturated rings. The smallest absolute Gasteiger partial charge is 0.257 e. The van der Waals surface area contributed by atoms with Gasteiger partial charge in [0.1, 0.15) is 16.2 Å². The van der Waals surface area contributed by atoms with Crippen molar-refractivity contribution in [1.82, 2.24) is 14.5 Å². The zero-order valence-corrected chi connectivity index (χ0v) is 15.0. The zero-order chi connectivity index (χ0) is 17.9. The summed E-state index contributed by atoms with van der Waals surface area (Å²) >= 11 is 1.17. The molecule has 134 valence electrons. The Balaban J connectivity index is 1.93. The molecule has 0 atom stereocenters. The van der Waals surface area contributed by atoms with E-state index in [-0.39, 0.29) is 29.3 Å². The van der Waals surface area contributed by atoms with Gasteiger partial charge < -0.3 is 9.47 Å². The number of methoxy groups -OCH3 is 1. The van der Waals surface area contributed by atoms with E-state index in [0.717, 1.165) is 0 Å². The van der Waals surface area contributed by atoms with Crippen LogP contribution >= 0.6 is 11.3 Å². The maximum absolute atomic E-state index is 12.9. The van der Waals surface area contributed by atoms with Crippen LogP contribution in [0.5, 0.6) is 5.75 Å². The van der Waals surface area contributed by atoms with E-state index >= 15 is 0 Å². The molecule has 11 heteroatoms. The molecule has 0 aliphatic carbocycles. The summed E-state index contributed by atoms with van der Waals surface area (Å²) in [6.07, 6.45) is 0. The quantitative estimate of drug-likeness (QED) is 0.812. The lowest BCUT2D eigenvalue weighted by atomic mass is 10.2. The second-order valence-corrected chi connectivity index (χ2v) is 7.82. The van der Waals surface area contributed by atoms with Crippen molar-refractivity contribution in [2.75, 3.05) is 38.7 Å². The highest BCUT2D eigenvalue weighted by molar-refractivity contribution is 7.89. The van der Waals surface area contributed by atoms with Crippen LogP contribution in [0.1, 0.15) is 10.4 Å². The summed E-state index contributed by atoms with van der Waals surface area (Å²) in [6.45, 7) is 1.18. The van der Waals surface area contributed by atoms with E-state index in [1.165, 1.54) is 46.5 Å². The Morgan fingerprint density at radius 1 is 1.36 bits per heavy atom. The highest BCUT2D eigenvalue weighted by Gasteiger charge is 2.30. The molecular weight excluding hydrogens is 368 g/mol. The Morgan fingerprint density at radius 3 is 2.76 bits per heavy atom. The first-order valence-electron chi connectivity index (χ1n) is 7.36. The largest absolute Gasteiger partial charge is 0.495 e. The van der Waals surface area contributed by atoms with Crippen molar-refractivity contribution in [2.45, 2.75) is 4.90 Å². The first kappa shape index (κ1) is 17.7. The average Bonchev–Trinajstić information content (AvgIpc) is 3.15. The highest BCUT2D eigenvalue weighted by atomic mass is 32.2. The van der Waals surface area contributed by atoms with Crippen molar-refractivity contribution in [3.63, 3.8) is 0 Å². The molecule has 0 radical (unpaired) electrons. The van der Waals surface area contributed by atoms with E-state index in [1.54, 1.807) is 0 Å². The van der Waals surface area contributed by atoms with Gasteiger partial charge in [-0.25, -0.2) is 8.42 Å². The van der Waals surface area contributed by atoms with Crippen LogP contribution in [0.2, 0.25) is 0 Å². The average molecular weight is 384 g/mol. The van der Waals surface area contributed by atoms with Gasteiger partial charge in [-0.3, -0.25) is 10.1 Å². The summed E-state index contributed by atoms with van der Waals surface area (Å²) in [5.74, 6) is -0.295. The summed E-state index contributed by atoms with van der Waals surface area (Å²) < 4.78 is 37.5. The fraction of sp³-hybridized carbons (Fsp3) is 0.357. The van der Waals surface area contributed by atoms with Gasteiger partial charge in [-0.2, -0.15) is 4.31 Å². The first-order valence-corrected chi connectivity index (χ1v) is 9.68. The Bertz CT molecular complexity index is 848. The normalized spacial score (nSPS) is 15.7. The number of benzene rings is 1. The maximum Gasteiger partial charge on any atom is 0.257 e. The SMILES string of the molecule is COc1ccc(C(=O)Nc2nncs2)cc1S(=O)(=O)N1CCOCC1. The van der Waals surface area contributed by atoms with Crippen LogP contribution < -0.4 is 10.1 Å². The summed E-state index contributed by atoms with van der Waals surface area (Å²) in [4.78, 5) is 12.3. The molecule has 1 aromatic carbocycles. The second kappa shape index (κ2) is 7.44. The maximum atomic E-state index is 12.9. The number of aromatic nitrogens is 2. The monoisotopic (exact) mass is 384 g/mol. The first-order chi connectivity index (χ1) is 12.0. The third-order valence-corrected chi connectivity index (χ3v) is 6.12. The predicted octanol–water partition coefficient (Wildman–Crippen LogP) is 0.820. The number of rotatable bonds is 5. The molecule has 2 heterocycles. The molecule has 0 bridgehead atoms. The molecule has 0 saturated carbocycles. The van der Waals surface area contributed by atoms with Crippen LogP contribution in [0, 0.1) is 0 Å². The van der Waals surface area contributed by atoms with E-state index in [2.05, 4.69) is 15.5 Å². The van der Waals surface area contributed by atoms with Crippen molar-refractivity contribution in [3.8, 4) is 5.75 Å². The van der Waals surface area contributed by atoms with Gasteiger partial charge in [-0.05, 0) is 18.2 Å². The van der Waals surface area contributed by atoms with Crippen LogP contribution in [0.3, 0.4) is 0 Å². The van der Waals surface area contributed by atoms with Crippen LogP contribution in [0.15, 0.2) is 28.6 Å². The molecule has 1 N–H and O–H groups in total. The van der Waals surface area contributed by atoms with Crippen molar-refractivity contribution in [1.29, 1.82) is 0 Å². The number of nitrogens with one attached hydrogen (secondary N) is 1. The lowest BCUT2D eigenvalue weighted by molar-refractivity contribution is 0.0729. The van der Waals surface area contributed by atoms with E-state index < -0.39 is 15.9 Å². The molecule has 1 aromatic heterocycles. The minimum Gasteiger partial charge on any atom is -0.495 e. The third-order valence-electron chi connectivity index (χ3n) is 3.59. The lowest BCUT2D eigenvalue weighted by Crippen LogP contribution is -2.40. The van der Waals surface area contributed by atoms with Crippen molar-refractivity contribution in [3.05, 3.63) is 29.3 Å². The minimum absolute atomic E-state index is 0.0539. The standard InChI is InChI=1S/C14H16N4O5S2/c1-22-11-3-2-10(13(19)16-14-17-15-9-24-14)8-12(11)25(20,21)18-4-6-23-7-5-18/h2-3,8-9H,4-7H2,1H3,(H,16,17,19). The van der Waals surface area contributed by atoms with Gasteiger partial charge in [-0.1, -0.05) is 11.3 Å². The van der Waals surface area contributed by atoms with Gasteiger partial charge >= 0.3 is 0 Å². The summed E-state index contributed by atoms with van der Waals surface area (Å²) in [5.41, 5.74) is 1.67. The molecule has 3 rings (SSSR count). The number of hydrogen-bond acceptors (Lipinski definition) is 8. The number of morpholine rings is 1. The third kappa shape index (κ3) is 3.79. The number of carbonyl (C=O) groups is 1. The Hall–Kier alpha value is -2.08. The fourth-order valence-electron chi connectivity index (χ4n) is 2.34. The summed E-state index contributed by atoms with van der Waals surface area (Å²) in [7, 11) is -2.42. The van der Waals surface area contributed by atoms with Crippen LogP contribution in [-0.2, 0) is 14.8 Å². The van der Waals surface area contributed by atoms with Gasteiger partial charge in [0, 0.05) is 18.7 Å². The Morgan fingerprint density at radius 2 is 2.12 bits per heavy atom. The molecule has 0 unspecified atom stereocenters. The van der Waals surface area contributed by atoms with Crippen LogP contribution in [0.4, 0.5) is 5.13 Å². The van der Waals surface area contributed by atoms with Crippen molar-refractivity contribution in [2.24, 2.45) is 0 Å². The molecule has 0 spiro atoms. The van der Waals surface area contributed by atoms with Gasteiger partial charge in [0.05, 0.1) is 20.3 Å². The Kier molecular flexibility index (Phi) is 5.27. The highest BCUT2D eigenvalue weighted by Crippen LogP contribution is 2.28. The topological polar surface area (TPSA) is 111 Å². The van der Waals surface area contributed by atoms with E-state index in [1.807, 2.05) is 0 Å². The minimum atomic E-state index is -3.80. The Labute approximate surface area is 148 Å². The predicted molar refractivity (Wildman–Crippen MR) is 90.4 cm³/mol. The number of amides is 1. The summed E-state index contributed by atoms with van der Waals surface area (Å²) in [6, 6.07) is 4.26. The van der Waals surface area contributed by atoms with E-state index in [4.69, 9.17) is 9.47 Å². The number of carbonyl (C=O) groups excluding carboxylic acids is 1. The molecule has 1 amide bonds. The molecule has 1 aliphatic rings. The number of sulfonamides is 1. The zero-order valence-electron chi connectivity index (χ0n) is 13.3. The van der Waals surface area contributed by atoms with Crippen LogP contribution in [0.25, 0.3) is 0 Å². The van der Waals surface area contributed by atoms with Gasteiger partial charge in [0.25, 0.3) is 5.91 Å². The summed E-state index contributed by atoms with van der Waals surface area (Å²) in [5, 5.41) is 10.3. The molecule has 9 nitrogen and oxygen atoms in total. The van der Waals surface area contributed by atoms with Gasteiger partial charge in [0.15, 0.2) is 0 Å². The van der Waals surface area contributed by atoms with Gasteiger partial charge in [0.2, 0.25) is 15.2 Å². The van der Waals surface area contributed by atoms with E-state index in [9.17, 15) is 13.2 Å². The molecule has 2 aromatic rings.